The van der Waals surface area contributed by atoms with Gasteiger partial charge >= 0.3 is 0 Å². The minimum absolute atomic E-state index is 0.106. The van der Waals surface area contributed by atoms with Crippen molar-refractivity contribution in [2.75, 3.05) is 6.61 Å². The van der Waals surface area contributed by atoms with Crippen LogP contribution in [0.15, 0.2) is 0 Å². The van der Waals surface area contributed by atoms with E-state index in [1.165, 1.54) is 64.2 Å². The highest BCUT2D eigenvalue weighted by molar-refractivity contribution is 5.09. The Labute approximate surface area is 125 Å². The molecule has 0 heterocycles. The number of ether oxygens (including phenoxy) is 1. The quantitative estimate of drug-likeness (QED) is 0.410. The van der Waals surface area contributed by atoms with E-state index in [1.54, 1.807) is 0 Å². The second-order valence-corrected chi connectivity index (χ2v) is 6.52. The lowest BCUT2D eigenvalue weighted by Crippen LogP contribution is -2.18. The molecule has 2 heteroatoms. The van der Waals surface area contributed by atoms with Gasteiger partial charge in [0, 0.05) is 0 Å². The summed E-state index contributed by atoms with van der Waals surface area (Å²) in [7, 11) is 0. The predicted molar refractivity (Wildman–Crippen MR) is 84.5 cm³/mol. The van der Waals surface area contributed by atoms with E-state index in [0.29, 0.717) is 12.7 Å². The smallest absolute Gasteiger partial charge is 0.0808 e. The molecule has 1 aliphatic rings. The molecule has 1 aliphatic carbocycles. The topological polar surface area (TPSA) is 33.0 Å². The first-order valence-corrected chi connectivity index (χ1v) is 8.79. The molecule has 0 aromatic rings. The average molecular weight is 279 g/mol. The van der Waals surface area contributed by atoms with Gasteiger partial charge in [0.05, 0.1) is 24.2 Å². The molecule has 0 N–H and O–H groups in total. The third-order valence-corrected chi connectivity index (χ3v) is 4.45. The van der Waals surface area contributed by atoms with Gasteiger partial charge in [-0.3, -0.25) is 0 Å². The molecule has 1 unspecified atom stereocenters. The second-order valence-electron chi connectivity index (χ2n) is 6.52. The van der Waals surface area contributed by atoms with Gasteiger partial charge in [-0.15, -0.1) is 0 Å². The molecule has 1 rings (SSSR count). The van der Waals surface area contributed by atoms with Crippen molar-refractivity contribution in [3.8, 4) is 6.07 Å². The molecule has 2 nitrogen and oxygen atoms in total. The largest absolute Gasteiger partial charge is 0.377 e. The van der Waals surface area contributed by atoms with Crippen LogP contribution in [-0.2, 0) is 4.74 Å². The highest BCUT2D eigenvalue weighted by atomic mass is 16.5. The van der Waals surface area contributed by atoms with Gasteiger partial charge in [0.15, 0.2) is 0 Å². The Kier molecular flexibility index (Phi) is 8.94. The van der Waals surface area contributed by atoms with Gasteiger partial charge in [0.1, 0.15) is 0 Å². The van der Waals surface area contributed by atoms with Crippen molar-refractivity contribution in [2.45, 2.75) is 97.0 Å². The fourth-order valence-corrected chi connectivity index (χ4v) is 2.61. The van der Waals surface area contributed by atoms with E-state index in [-0.39, 0.29) is 5.41 Å². The van der Waals surface area contributed by atoms with Crippen LogP contribution in [-0.4, -0.2) is 12.7 Å². The highest BCUT2D eigenvalue weighted by Gasteiger charge is 2.43. The van der Waals surface area contributed by atoms with Gasteiger partial charge in [0.2, 0.25) is 0 Å². The molecule has 0 aromatic carbocycles. The molecule has 20 heavy (non-hydrogen) atoms. The normalized spacial score (nSPS) is 17.6. The van der Waals surface area contributed by atoms with Crippen LogP contribution >= 0.6 is 0 Å². The Bertz CT molecular complexity index is 278. The van der Waals surface area contributed by atoms with E-state index in [0.717, 1.165) is 12.8 Å². The summed E-state index contributed by atoms with van der Waals surface area (Å²) in [4.78, 5) is 0. The number of rotatable bonds is 13. The lowest BCUT2D eigenvalue weighted by molar-refractivity contribution is 0.0208. The molecule has 0 radical (unpaired) electrons. The zero-order valence-electron chi connectivity index (χ0n) is 13.6. The maximum Gasteiger partial charge on any atom is 0.0808 e. The molecule has 0 saturated heterocycles. The Morgan fingerprint density at radius 1 is 0.950 bits per heavy atom. The van der Waals surface area contributed by atoms with Crippen molar-refractivity contribution in [3.05, 3.63) is 0 Å². The predicted octanol–water partition coefficient (Wildman–Crippen LogP) is 5.62. The summed E-state index contributed by atoms with van der Waals surface area (Å²) in [6.45, 7) is 5.17. The van der Waals surface area contributed by atoms with Crippen LogP contribution in [0.25, 0.3) is 0 Å². The molecule has 1 saturated carbocycles. The van der Waals surface area contributed by atoms with Crippen molar-refractivity contribution in [2.24, 2.45) is 5.41 Å². The Morgan fingerprint density at radius 3 is 2.15 bits per heavy atom. The molecule has 0 aliphatic heterocycles. The van der Waals surface area contributed by atoms with Gasteiger partial charge in [-0.1, -0.05) is 65.2 Å². The van der Waals surface area contributed by atoms with Crippen molar-refractivity contribution in [3.63, 3.8) is 0 Å². The zero-order valence-corrected chi connectivity index (χ0v) is 13.6. The van der Waals surface area contributed by atoms with Crippen LogP contribution in [0.5, 0.6) is 0 Å². The lowest BCUT2D eigenvalue weighted by atomic mass is 10.0. The SMILES string of the molecule is CCCCCCCCC(CCCC)OCC1(C#N)CC1. The lowest BCUT2D eigenvalue weighted by Gasteiger charge is -2.19. The molecule has 1 fully saturated rings. The van der Waals surface area contributed by atoms with Crippen LogP contribution in [0.1, 0.15) is 90.9 Å². The standard InChI is InChI=1S/C18H33NO/c1-3-5-7-8-9-10-12-17(11-6-4-2)20-16-18(15-19)13-14-18/h17H,3-14,16H2,1-2H3. The molecule has 0 amide bonds. The third-order valence-electron chi connectivity index (χ3n) is 4.45. The minimum atomic E-state index is -0.106. The van der Waals surface area contributed by atoms with Gasteiger partial charge < -0.3 is 4.74 Å². The van der Waals surface area contributed by atoms with Gasteiger partial charge in [-0.25, -0.2) is 0 Å². The summed E-state index contributed by atoms with van der Waals surface area (Å²) in [5, 5.41) is 9.11. The van der Waals surface area contributed by atoms with Gasteiger partial charge in [-0.05, 0) is 25.7 Å². The Hall–Kier alpha value is -0.550. The van der Waals surface area contributed by atoms with E-state index < -0.39 is 0 Å². The molecule has 116 valence electrons. The van der Waals surface area contributed by atoms with Crippen molar-refractivity contribution >= 4 is 0 Å². The van der Waals surface area contributed by atoms with E-state index in [2.05, 4.69) is 19.9 Å². The van der Waals surface area contributed by atoms with Crippen LogP contribution in [0.2, 0.25) is 0 Å². The molecular formula is C18H33NO. The third kappa shape index (κ3) is 7.29. The van der Waals surface area contributed by atoms with Crippen molar-refractivity contribution in [1.82, 2.24) is 0 Å². The first kappa shape index (κ1) is 17.5. The van der Waals surface area contributed by atoms with Crippen LogP contribution in [0.3, 0.4) is 0 Å². The molecule has 1 atom stereocenters. The monoisotopic (exact) mass is 279 g/mol. The molecule has 0 spiro atoms. The number of nitrogens with zero attached hydrogens (tertiary/aromatic N) is 1. The molecule has 0 aromatic heterocycles. The van der Waals surface area contributed by atoms with Gasteiger partial charge in [0.25, 0.3) is 0 Å². The summed E-state index contributed by atoms with van der Waals surface area (Å²) in [5.74, 6) is 0. The number of hydrogen-bond acceptors (Lipinski definition) is 2. The first-order chi connectivity index (χ1) is 9.76. The number of nitriles is 1. The zero-order chi connectivity index (χ0) is 14.7. The summed E-state index contributed by atoms with van der Waals surface area (Å²) in [6, 6.07) is 2.43. The van der Waals surface area contributed by atoms with E-state index in [4.69, 9.17) is 10.00 Å². The van der Waals surface area contributed by atoms with E-state index in [1.807, 2.05) is 0 Å². The molecular weight excluding hydrogens is 246 g/mol. The van der Waals surface area contributed by atoms with Crippen molar-refractivity contribution in [1.29, 1.82) is 5.26 Å². The average Bonchev–Trinajstić information content (AvgIpc) is 3.25. The Morgan fingerprint density at radius 2 is 1.55 bits per heavy atom. The maximum atomic E-state index is 9.11. The molecule has 0 bridgehead atoms. The van der Waals surface area contributed by atoms with Crippen LogP contribution < -0.4 is 0 Å². The van der Waals surface area contributed by atoms with Crippen LogP contribution in [0.4, 0.5) is 0 Å². The first-order valence-electron chi connectivity index (χ1n) is 8.79. The summed E-state index contributed by atoms with van der Waals surface area (Å²) in [5.41, 5.74) is -0.106. The summed E-state index contributed by atoms with van der Waals surface area (Å²) >= 11 is 0. The number of hydrogen-bond donors (Lipinski definition) is 0. The minimum Gasteiger partial charge on any atom is -0.377 e. The summed E-state index contributed by atoms with van der Waals surface area (Å²) in [6.07, 6.45) is 15.4. The Balaban J connectivity index is 2.13. The van der Waals surface area contributed by atoms with Crippen LogP contribution in [0, 0.1) is 16.7 Å². The number of unbranched alkanes of at least 4 members (excludes halogenated alkanes) is 6. The van der Waals surface area contributed by atoms with Crippen molar-refractivity contribution < 1.29 is 4.74 Å². The second kappa shape index (κ2) is 10.2. The fraction of sp³-hybridized carbons (Fsp3) is 0.944. The maximum absolute atomic E-state index is 9.11. The van der Waals surface area contributed by atoms with E-state index in [9.17, 15) is 0 Å². The fourth-order valence-electron chi connectivity index (χ4n) is 2.61. The highest BCUT2D eigenvalue weighted by Crippen LogP contribution is 2.45. The van der Waals surface area contributed by atoms with Gasteiger partial charge in [-0.2, -0.15) is 5.26 Å². The summed E-state index contributed by atoms with van der Waals surface area (Å²) < 4.78 is 6.07. The van der Waals surface area contributed by atoms with E-state index >= 15 is 0 Å².